The van der Waals surface area contributed by atoms with E-state index in [2.05, 4.69) is 9.73 Å². The number of hydrogen-bond acceptors (Lipinski definition) is 3. The zero-order valence-corrected chi connectivity index (χ0v) is 5.05. The Labute approximate surface area is 48.4 Å². The van der Waals surface area contributed by atoms with Gasteiger partial charge in [-0.3, -0.25) is 0 Å². The van der Waals surface area contributed by atoms with Gasteiger partial charge in [-0.25, -0.2) is 9.79 Å². The smallest absolute Gasteiger partial charge is 0.235 e. The molecule has 0 saturated heterocycles. The third kappa shape index (κ3) is 3.53. The zero-order valence-electron chi connectivity index (χ0n) is 5.05. The molecule has 0 spiro atoms. The van der Waals surface area contributed by atoms with Gasteiger partial charge in [0, 0.05) is 7.11 Å². The van der Waals surface area contributed by atoms with Gasteiger partial charge in [0.05, 0.1) is 12.6 Å². The molecule has 46 valence electrons. The first-order valence-electron chi connectivity index (χ1n) is 2.37. The minimum absolute atomic E-state index is 0.0579. The van der Waals surface area contributed by atoms with E-state index in [0.29, 0.717) is 6.61 Å². The normalized spacial score (nSPS) is 12.2. The average molecular weight is 115 g/mol. The lowest BCUT2D eigenvalue weighted by Gasteiger charge is -1.97. The van der Waals surface area contributed by atoms with Gasteiger partial charge in [0.15, 0.2) is 0 Å². The highest BCUT2D eigenvalue weighted by Gasteiger charge is 1.93. The molecule has 0 aromatic heterocycles. The third-order valence-electron chi connectivity index (χ3n) is 0.681. The maximum atomic E-state index is 9.54. The molecule has 0 heterocycles. The number of methoxy groups -OCH3 is 1. The van der Waals surface area contributed by atoms with E-state index in [1.165, 1.54) is 6.08 Å². The van der Waals surface area contributed by atoms with Crippen LogP contribution in [0.3, 0.4) is 0 Å². The topological polar surface area (TPSA) is 38.7 Å². The quantitative estimate of drug-likeness (QED) is 0.393. The Morgan fingerprint density at radius 2 is 2.50 bits per heavy atom. The van der Waals surface area contributed by atoms with Crippen molar-refractivity contribution in [1.82, 2.24) is 0 Å². The Kier molecular flexibility index (Phi) is 4.13. The molecular weight excluding hydrogens is 106 g/mol. The van der Waals surface area contributed by atoms with E-state index >= 15 is 0 Å². The Hall–Kier alpha value is -0.660. The zero-order chi connectivity index (χ0) is 6.41. The van der Waals surface area contributed by atoms with Gasteiger partial charge in [0.1, 0.15) is 0 Å². The summed E-state index contributed by atoms with van der Waals surface area (Å²) in [6.07, 6.45) is 1.45. The van der Waals surface area contributed by atoms with Crippen LogP contribution >= 0.6 is 0 Å². The lowest BCUT2D eigenvalue weighted by atomic mass is 10.4. The van der Waals surface area contributed by atoms with Crippen LogP contribution in [-0.4, -0.2) is 25.8 Å². The molecular formula is C5H9NO2. The van der Waals surface area contributed by atoms with E-state index < -0.39 is 0 Å². The fraction of sp³-hybridized carbons (Fsp3) is 0.800. The van der Waals surface area contributed by atoms with Crippen molar-refractivity contribution >= 4 is 6.08 Å². The van der Waals surface area contributed by atoms with Gasteiger partial charge in [0.2, 0.25) is 6.08 Å². The van der Waals surface area contributed by atoms with Crippen LogP contribution in [0.15, 0.2) is 4.99 Å². The second kappa shape index (κ2) is 4.50. The molecule has 3 heteroatoms. The fourth-order valence-corrected chi connectivity index (χ4v) is 0.368. The van der Waals surface area contributed by atoms with Gasteiger partial charge in [-0.15, -0.1) is 0 Å². The molecule has 0 saturated carbocycles. The molecule has 0 aromatic rings. The molecule has 3 nitrogen and oxygen atoms in total. The highest BCUT2D eigenvalue weighted by molar-refractivity contribution is 5.33. The number of ether oxygens (including phenoxy) is 1. The molecule has 0 fully saturated rings. The molecule has 1 unspecified atom stereocenters. The van der Waals surface area contributed by atoms with E-state index in [-0.39, 0.29) is 6.04 Å². The maximum absolute atomic E-state index is 9.54. The highest BCUT2D eigenvalue weighted by atomic mass is 16.5. The standard InChI is InChI=1S/C5H9NO2/c1-5(3-8-2)6-4-7/h5H,3H2,1-2H3. The van der Waals surface area contributed by atoms with Gasteiger partial charge in [0.25, 0.3) is 0 Å². The lowest BCUT2D eigenvalue weighted by Crippen LogP contribution is -2.05. The van der Waals surface area contributed by atoms with Crippen LogP contribution in [-0.2, 0) is 9.53 Å². The number of nitrogens with zero attached hydrogens (tertiary/aromatic N) is 1. The molecule has 0 bridgehead atoms. The Morgan fingerprint density at radius 3 is 2.88 bits per heavy atom. The van der Waals surface area contributed by atoms with Gasteiger partial charge in [-0.2, -0.15) is 0 Å². The lowest BCUT2D eigenvalue weighted by molar-refractivity contribution is 0.186. The third-order valence-corrected chi connectivity index (χ3v) is 0.681. The minimum Gasteiger partial charge on any atom is -0.382 e. The van der Waals surface area contributed by atoms with Crippen LogP contribution < -0.4 is 0 Å². The number of isocyanates is 1. The summed E-state index contributed by atoms with van der Waals surface area (Å²) in [7, 11) is 1.57. The van der Waals surface area contributed by atoms with Gasteiger partial charge >= 0.3 is 0 Å². The molecule has 0 amide bonds. The van der Waals surface area contributed by atoms with Crippen molar-refractivity contribution in [3.8, 4) is 0 Å². The van der Waals surface area contributed by atoms with Crippen LogP contribution in [0.25, 0.3) is 0 Å². The van der Waals surface area contributed by atoms with Crippen molar-refractivity contribution in [2.75, 3.05) is 13.7 Å². The number of hydrogen-bond donors (Lipinski definition) is 0. The van der Waals surface area contributed by atoms with E-state index in [0.717, 1.165) is 0 Å². The fourth-order valence-electron chi connectivity index (χ4n) is 0.368. The Bertz CT molecular complexity index is 96.6. The predicted octanol–water partition coefficient (Wildman–Crippen LogP) is 0.357. The second-order valence-corrected chi connectivity index (χ2v) is 1.52. The van der Waals surface area contributed by atoms with Crippen LogP contribution in [0.4, 0.5) is 0 Å². The molecule has 0 aliphatic rings. The molecule has 0 radical (unpaired) electrons. The van der Waals surface area contributed by atoms with Crippen molar-refractivity contribution in [2.45, 2.75) is 13.0 Å². The molecule has 0 rings (SSSR count). The molecule has 0 aromatic carbocycles. The SMILES string of the molecule is COCC(C)N=C=O. The molecule has 0 aliphatic carbocycles. The van der Waals surface area contributed by atoms with Crippen molar-refractivity contribution in [3.05, 3.63) is 0 Å². The first-order chi connectivity index (χ1) is 3.81. The number of aliphatic imine (C=N–C) groups is 1. The summed E-state index contributed by atoms with van der Waals surface area (Å²) >= 11 is 0. The summed E-state index contributed by atoms with van der Waals surface area (Å²) in [4.78, 5) is 12.9. The average Bonchev–Trinajstić information content (AvgIpc) is 1.68. The van der Waals surface area contributed by atoms with Crippen molar-refractivity contribution < 1.29 is 9.53 Å². The molecule has 0 aliphatic heterocycles. The molecule has 8 heavy (non-hydrogen) atoms. The van der Waals surface area contributed by atoms with Gasteiger partial charge < -0.3 is 4.74 Å². The van der Waals surface area contributed by atoms with E-state index in [1.54, 1.807) is 14.0 Å². The summed E-state index contributed by atoms with van der Waals surface area (Å²) < 4.78 is 4.68. The molecule has 1 atom stereocenters. The largest absolute Gasteiger partial charge is 0.382 e. The Morgan fingerprint density at radius 1 is 1.88 bits per heavy atom. The number of carbonyl (C=O) groups excluding carboxylic acids is 1. The van der Waals surface area contributed by atoms with Crippen LogP contribution in [0.5, 0.6) is 0 Å². The summed E-state index contributed by atoms with van der Waals surface area (Å²) in [5.41, 5.74) is 0. The summed E-state index contributed by atoms with van der Waals surface area (Å²) in [6.45, 7) is 2.27. The van der Waals surface area contributed by atoms with Gasteiger partial charge in [-0.1, -0.05) is 0 Å². The monoisotopic (exact) mass is 115 g/mol. The first kappa shape index (κ1) is 7.34. The predicted molar refractivity (Wildman–Crippen MR) is 29.5 cm³/mol. The molecule has 0 N–H and O–H groups in total. The first-order valence-corrected chi connectivity index (χ1v) is 2.37. The summed E-state index contributed by atoms with van der Waals surface area (Å²) in [5, 5.41) is 0. The van der Waals surface area contributed by atoms with Crippen molar-refractivity contribution in [2.24, 2.45) is 4.99 Å². The maximum Gasteiger partial charge on any atom is 0.235 e. The summed E-state index contributed by atoms with van der Waals surface area (Å²) in [5.74, 6) is 0. The minimum atomic E-state index is -0.0579. The summed E-state index contributed by atoms with van der Waals surface area (Å²) in [6, 6.07) is -0.0579. The Balaban J connectivity index is 3.31. The van der Waals surface area contributed by atoms with E-state index in [1.807, 2.05) is 0 Å². The van der Waals surface area contributed by atoms with E-state index in [9.17, 15) is 4.79 Å². The highest BCUT2D eigenvalue weighted by Crippen LogP contribution is 1.85. The van der Waals surface area contributed by atoms with Gasteiger partial charge in [-0.05, 0) is 6.92 Å². The van der Waals surface area contributed by atoms with Crippen LogP contribution in [0.1, 0.15) is 6.92 Å². The van der Waals surface area contributed by atoms with Crippen LogP contribution in [0.2, 0.25) is 0 Å². The second-order valence-electron chi connectivity index (χ2n) is 1.52. The van der Waals surface area contributed by atoms with Crippen molar-refractivity contribution in [1.29, 1.82) is 0 Å². The van der Waals surface area contributed by atoms with Crippen molar-refractivity contribution in [3.63, 3.8) is 0 Å². The van der Waals surface area contributed by atoms with E-state index in [4.69, 9.17) is 0 Å². The number of rotatable bonds is 3. The van der Waals surface area contributed by atoms with Crippen LogP contribution in [0, 0.1) is 0 Å².